The quantitative estimate of drug-likeness (QED) is 0.846. The van der Waals surface area contributed by atoms with Gasteiger partial charge in [-0.25, -0.2) is 9.18 Å². The minimum absolute atomic E-state index is 0. The van der Waals surface area contributed by atoms with Crippen molar-refractivity contribution in [1.29, 1.82) is 0 Å². The molecule has 1 rings (SSSR count). The molecule has 0 aliphatic heterocycles. The number of rotatable bonds is 5. The normalized spacial score (nSPS) is 13.1. The van der Waals surface area contributed by atoms with Gasteiger partial charge in [0.15, 0.2) is 0 Å². The first-order valence-corrected chi connectivity index (χ1v) is 5.72. The number of hydrogen-bond donors (Lipinski definition) is 1. The Bertz CT molecular complexity index is 428. The van der Waals surface area contributed by atoms with Gasteiger partial charge in [0.05, 0.1) is 19.8 Å². The van der Waals surface area contributed by atoms with Crippen LogP contribution in [-0.4, -0.2) is 25.9 Å². The minimum atomic E-state index is -1.86. The molecule has 0 aliphatic carbocycles. The van der Waals surface area contributed by atoms with Crippen LogP contribution in [0.15, 0.2) is 18.2 Å². The Hall–Kier alpha value is -1.33. The summed E-state index contributed by atoms with van der Waals surface area (Å²) in [6.45, 7) is 3.54. The molecule has 0 aromatic heterocycles. The van der Waals surface area contributed by atoms with Crippen LogP contribution < -0.4 is 10.5 Å². The summed E-state index contributed by atoms with van der Waals surface area (Å²) in [5.41, 5.74) is 7.08. The van der Waals surface area contributed by atoms with Crippen molar-refractivity contribution in [2.24, 2.45) is 5.73 Å². The number of carbonyl (C=O) groups excluding carboxylic acids is 1. The highest BCUT2D eigenvalue weighted by Crippen LogP contribution is 2.25. The summed E-state index contributed by atoms with van der Waals surface area (Å²) in [4.78, 5) is 11.3. The maximum atomic E-state index is 13.8. The Kier molecular flexibility index (Phi) is 7.41. The third-order valence-electron chi connectivity index (χ3n) is 2.66. The van der Waals surface area contributed by atoms with E-state index in [0.717, 1.165) is 5.56 Å². The maximum Gasteiger partial charge on any atom is 0.342 e. The molecule has 4 nitrogen and oxygen atoms in total. The molecular formula is C13H19ClFNO3. The van der Waals surface area contributed by atoms with Crippen LogP contribution in [0.3, 0.4) is 0 Å². The molecule has 0 heterocycles. The molecule has 0 bridgehead atoms. The van der Waals surface area contributed by atoms with Crippen molar-refractivity contribution < 1.29 is 18.7 Å². The number of halogens is 2. The molecular weight excluding hydrogens is 273 g/mol. The van der Waals surface area contributed by atoms with Crippen molar-refractivity contribution in [3.63, 3.8) is 0 Å². The molecule has 6 heteroatoms. The van der Waals surface area contributed by atoms with Crippen molar-refractivity contribution >= 4 is 18.4 Å². The standard InChI is InChI=1S/C13H18FNO3.ClH/c1-4-18-13(16)11(14)12(15)10-6-5-9(17-3)7-8(10)2;/h5-7,11-12H,4,15H2,1-3H3;1H/t11?,12-;/m1./s1. The smallest absolute Gasteiger partial charge is 0.342 e. The summed E-state index contributed by atoms with van der Waals surface area (Å²) in [5, 5.41) is 0. The van der Waals surface area contributed by atoms with E-state index < -0.39 is 18.2 Å². The van der Waals surface area contributed by atoms with Gasteiger partial charge in [-0.2, -0.15) is 0 Å². The number of carbonyl (C=O) groups is 1. The highest BCUT2D eigenvalue weighted by Gasteiger charge is 2.28. The van der Waals surface area contributed by atoms with Crippen LogP contribution >= 0.6 is 12.4 Å². The van der Waals surface area contributed by atoms with Crippen LogP contribution in [0.1, 0.15) is 24.1 Å². The van der Waals surface area contributed by atoms with E-state index in [0.29, 0.717) is 11.3 Å². The second kappa shape index (κ2) is 7.96. The van der Waals surface area contributed by atoms with E-state index in [4.69, 9.17) is 10.5 Å². The number of aryl methyl sites for hydroxylation is 1. The van der Waals surface area contributed by atoms with E-state index in [1.807, 2.05) is 0 Å². The Morgan fingerprint density at radius 2 is 2.11 bits per heavy atom. The topological polar surface area (TPSA) is 61.5 Å². The van der Waals surface area contributed by atoms with Gasteiger partial charge in [-0.3, -0.25) is 0 Å². The molecule has 19 heavy (non-hydrogen) atoms. The van der Waals surface area contributed by atoms with Crippen LogP contribution in [-0.2, 0) is 9.53 Å². The predicted octanol–water partition coefficient (Wildman–Crippen LogP) is 2.33. The number of esters is 1. The number of hydrogen-bond acceptors (Lipinski definition) is 4. The molecule has 2 atom stereocenters. The van der Waals surface area contributed by atoms with Crippen molar-refractivity contribution in [2.45, 2.75) is 26.1 Å². The molecule has 0 radical (unpaired) electrons. The molecule has 0 saturated carbocycles. The second-order valence-electron chi connectivity index (χ2n) is 3.90. The van der Waals surface area contributed by atoms with Gasteiger partial charge in [-0.05, 0) is 37.1 Å². The molecule has 0 aliphatic rings. The van der Waals surface area contributed by atoms with Gasteiger partial charge >= 0.3 is 5.97 Å². The molecule has 1 aromatic rings. The van der Waals surface area contributed by atoms with Gasteiger partial charge in [-0.1, -0.05) is 6.07 Å². The van der Waals surface area contributed by atoms with Gasteiger partial charge in [0.2, 0.25) is 6.17 Å². The Morgan fingerprint density at radius 3 is 2.58 bits per heavy atom. The summed E-state index contributed by atoms with van der Waals surface area (Å²) in [5.74, 6) is -0.268. The zero-order chi connectivity index (χ0) is 13.7. The Morgan fingerprint density at radius 1 is 1.47 bits per heavy atom. The zero-order valence-electron chi connectivity index (χ0n) is 11.2. The van der Waals surface area contributed by atoms with E-state index >= 15 is 0 Å². The lowest BCUT2D eigenvalue weighted by molar-refractivity contribution is -0.149. The second-order valence-corrected chi connectivity index (χ2v) is 3.90. The van der Waals surface area contributed by atoms with Crippen LogP contribution in [0.2, 0.25) is 0 Å². The molecule has 0 amide bonds. The molecule has 0 spiro atoms. The van der Waals surface area contributed by atoms with E-state index in [-0.39, 0.29) is 19.0 Å². The lowest BCUT2D eigenvalue weighted by Crippen LogP contribution is -2.32. The third-order valence-corrected chi connectivity index (χ3v) is 2.66. The van der Waals surface area contributed by atoms with Gasteiger partial charge in [0.25, 0.3) is 0 Å². The average molecular weight is 292 g/mol. The fourth-order valence-electron chi connectivity index (χ4n) is 1.68. The summed E-state index contributed by atoms with van der Waals surface area (Å²) < 4.78 is 23.5. The van der Waals surface area contributed by atoms with Gasteiger partial charge < -0.3 is 15.2 Å². The molecule has 1 aromatic carbocycles. The van der Waals surface area contributed by atoms with Gasteiger partial charge in [0, 0.05) is 0 Å². The lowest BCUT2D eigenvalue weighted by Gasteiger charge is -2.18. The average Bonchev–Trinajstić information content (AvgIpc) is 2.37. The van der Waals surface area contributed by atoms with E-state index in [1.54, 1.807) is 39.2 Å². The first-order chi connectivity index (χ1) is 8.51. The predicted molar refractivity (Wildman–Crippen MR) is 73.4 cm³/mol. The zero-order valence-corrected chi connectivity index (χ0v) is 12.0. The highest BCUT2D eigenvalue weighted by atomic mass is 35.5. The number of ether oxygens (including phenoxy) is 2. The van der Waals surface area contributed by atoms with E-state index in [2.05, 4.69) is 4.74 Å². The van der Waals surface area contributed by atoms with Crippen LogP contribution in [0.5, 0.6) is 5.75 Å². The summed E-state index contributed by atoms with van der Waals surface area (Å²) in [7, 11) is 1.55. The Labute approximate surface area is 118 Å². The number of methoxy groups -OCH3 is 1. The number of benzene rings is 1. The molecule has 108 valence electrons. The van der Waals surface area contributed by atoms with Crippen molar-refractivity contribution in [3.8, 4) is 5.75 Å². The first kappa shape index (κ1) is 17.7. The summed E-state index contributed by atoms with van der Waals surface area (Å²) in [6, 6.07) is 4.05. The molecule has 1 unspecified atom stereocenters. The third kappa shape index (κ3) is 4.36. The number of nitrogens with two attached hydrogens (primary N) is 1. The van der Waals surface area contributed by atoms with Crippen molar-refractivity contribution in [2.75, 3.05) is 13.7 Å². The van der Waals surface area contributed by atoms with Gasteiger partial charge in [-0.15, -0.1) is 12.4 Å². The van der Waals surface area contributed by atoms with Crippen molar-refractivity contribution in [3.05, 3.63) is 29.3 Å². The molecule has 2 N–H and O–H groups in total. The Balaban J connectivity index is 0.00000324. The van der Waals surface area contributed by atoms with E-state index in [1.165, 1.54) is 0 Å². The van der Waals surface area contributed by atoms with Crippen molar-refractivity contribution in [1.82, 2.24) is 0 Å². The first-order valence-electron chi connectivity index (χ1n) is 5.72. The van der Waals surface area contributed by atoms with Crippen LogP contribution in [0.4, 0.5) is 4.39 Å². The fraction of sp³-hybridized carbons (Fsp3) is 0.462. The molecule has 0 fully saturated rings. The highest BCUT2D eigenvalue weighted by molar-refractivity contribution is 5.85. The van der Waals surface area contributed by atoms with E-state index in [9.17, 15) is 9.18 Å². The van der Waals surface area contributed by atoms with Gasteiger partial charge in [0.1, 0.15) is 5.75 Å². The maximum absolute atomic E-state index is 13.8. The fourth-order valence-corrected chi connectivity index (χ4v) is 1.68. The largest absolute Gasteiger partial charge is 0.497 e. The lowest BCUT2D eigenvalue weighted by atomic mass is 9.98. The minimum Gasteiger partial charge on any atom is -0.497 e. The van der Waals surface area contributed by atoms with Crippen LogP contribution in [0, 0.1) is 6.92 Å². The number of alkyl halides is 1. The molecule has 0 saturated heterocycles. The SMILES string of the molecule is CCOC(=O)C(F)[C@H](N)c1ccc(OC)cc1C.Cl. The summed E-state index contributed by atoms with van der Waals surface area (Å²) >= 11 is 0. The van der Waals surface area contributed by atoms with Crippen LogP contribution in [0.25, 0.3) is 0 Å². The summed E-state index contributed by atoms with van der Waals surface area (Å²) in [6.07, 6.45) is -1.86. The monoisotopic (exact) mass is 291 g/mol.